The Morgan fingerprint density at radius 2 is 2.04 bits per heavy atom. The van der Waals surface area contributed by atoms with Gasteiger partial charge in [-0.25, -0.2) is 9.78 Å². The molecule has 4 aliphatic heterocycles. The van der Waals surface area contributed by atoms with Gasteiger partial charge in [-0.15, -0.1) is 33.3 Å². The van der Waals surface area contributed by atoms with Crippen molar-refractivity contribution in [3.05, 3.63) is 45.2 Å². The van der Waals surface area contributed by atoms with E-state index in [-0.39, 0.29) is 57.2 Å². The second kappa shape index (κ2) is 13.9. The van der Waals surface area contributed by atoms with E-state index in [1.807, 2.05) is 0 Å². The van der Waals surface area contributed by atoms with Crippen LogP contribution in [0.5, 0.6) is 11.5 Å². The van der Waals surface area contributed by atoms with Crippen LogP contribution in [0.25, 0.3) is 5.70 Å². The molecule has 3 fully saturated rings. The molecule has 1 aromatic carbocycles. The number of β-lactam (4-membered cyclic amide) rings is 1. The van der Waals surface area contributed by atoms with Crippen LogP contribution < -0.4 is 5.73 Å². The van der Waals surface area contributed by atoms with E-state index in [1.165, 1.54) is 43.1 Å². The predicted octanol–water partition coefficient (Wildman–Crippen LogP) is 1.92. The molecule has 4 atom stereocenters. The Morgan fingerprint density at radius 3 is 2.74 bits per heavy atom. The number of quaternary nitrogens is 1. The number of amides is 2. The maximum absolute atomic E-state index is 14.0. The van der Waals surface area contributed by atoms with Crippen LogP contribution in [0.2, 0.25) is 5.02 Å². The number of phenols is 2. The highest BCUT2D eigenvalue weighted by molar-refractivity contribution is 8.00. The van der Waals surface area contributed by atoms with Gasteiger partial charge < -0.3 is 35.3 Å². The van der Waals surface area contributed by atoms with Crippen molar-refractivity contribution in [1.82, 2.24) is 35.4 Å². The van der Waals surface area contributed by atoms with Gasteiger partial charge >= 0.3 is 5.97 Å². The van der Waals surface area contributed by atoms with Crippen LogP contribution in [0.15, 0.2) is 28.2 Å². The number of benzene rings is 1. The van der Waals surface area contributed by atoms with Gasteiger partial charge in [0.1, 0.15) is 18.3 Å². The summed E-state index contributed by atoms with van der Waals surface area (Å²) in [6, 6.07) is 2.75. The third-order valence-electron chi connectivity index (χ3n) is 10.3. The van der Waals surface area contributed by atoms with Crippen molar-refractivity contribution in [1.29, 1.82) is 0 Å². The highest BCUT2D eigenvalue weighted by Crippen LogP contribution is 2.49. The number of H-pyrrole nitrogens is 1. The van der Waals surface area contributed by atoms with Crippen LogP contribution in [0.1, 0.15) is 55.0 Å². The molecule has 0 radical (unpaired) electrons. The molecule has 0 aliphatic carbocycles. The fourth-order valence-electron chi connectivity index (χ4n) is 7.41. The van der Waals surface area contributed by atoms with Crippen molar-refractivity contribution in [3.8, 4) is 11.5 Å². The molecule has 6 heterocycles. The maximum Gasteiger partial charge on any atom is 0.350 e. The van der Waals surface area contributed by atoms with E-state index in [2.05, 4.69) is 30.8 Å². The van der Waals surface area contributed by atoms with Crippen LogP contribution >= 0.6 is 34.7 Å². The Morgan fingerprint density at radius 1 is 1.25 bits per heavy atom. The number of carboxylic acid groups (broad SMARTS) is 1. The standard InChI is InChI=1S/C32H35ClN10O8S2/c1-32(2,30(49)50)51-38-23(19-14-53-31(34)35-19)21(45)10-18-28(48)42-24(26-36-39-40-37-26)15(13-52-29(18)42)12-43-8-3-4-16(43)11-41(7-9-43)27(47)17-5-6-20(44)25(46)22(17)33/h5-6,14,16,18,29H,3-4,7-13H2,1-2H3,(H5-,34,35,36,37,38,39,40,44,45,46,47,49,50)/p+1/t16-,18+,29+,43+/m0/s1. The van der Waals surface area contributed by atoms with Gasteiger partial charge in [0, 0.05) is 36.0 Å². The molecule has 21 heteroatoms. The van der Waals surface area contributed by atoms with E-state index in [4.69, 9.17) is 22.2 Å². The molecule has 0 bridgehead atoms. The lowest BCUT2D eigenvalue weighted by Crippen LogP contribution is -2.65. The number of aromatic hydroxyl groups is 2. The monoisotopic (exact) mass is 787 g/mol. The van der Waals surface area contributed by atoms with E-state index in [0.29, 0.717) is 42.1 Å². The molecule has 2 aromatic heterocycles. The number of anilines is 1. The topological polar surface area (TPSA) is 250 Å². The van der Waals surface area contributed by atoms with Crippen molar-refractivity contribution in [2.24, 2.45) is 11.1 Å². The molecule has 0 saturated carbocycles. The molecule has 2 amide bonds. The number of carbonyl (C=O) groups excluding carboxylic acids is 3. The number of hydrogen-bond acceptors (Lipinski definition) is 15. The fourth-order valence-corrected chi connectivity index (χ4v) is 9.60. The van der Waals surface area contributed by atoms with E-state index in [1.54, 1.807) is 9.80 Å². The number of aliphatic carboxylic acids is 1. The first kappa shape index (κ1) is 36.6. The predicted molar refractivity (Wildman–Crippen MR) is 192 cm³/mol. The molecular weight excluding hydrogens is 752 g/mol. The number of aromatic nitrogens is 5. The van der Waals surface area contributed by atoms with E-state index < -0.39 is 40.1 Å². The number of nitrogens with one attached hydrogen (secondary N) is 1. The van der Waals surface area contributed by atoms with Gasteiger partial charge in [-0.05, 0) is 31.2 Å². The molecule has 4 aliphatic rings. The summed E-state index contributed by atoms with van der Waals surface area (Å²) in [5.74, 6) is -3.34. The van der Waals surface area contributed by atoms with E-state index in [9.17, 15) is 34.5 Å². The van der Waals surface area contributed by atoms with E-state index >= 15 is 0 Å². The number of piperazine rings is 1. The number of thiazole rings is 1. The summed E-state index contributed by atoms with van der Waals surface area (Å²) in [6.45, 7) is 5.59. The number of Topliss-reactive ketones (excluding diaryl/α,β-unsaturated/α-hetero) is 1. The van der Waals surface area contributed by atoms with Gasteiger partial charge in [0.25, 0.3) is 5.91 Å². The van der Waals surface area contributed by atoms with Crippen LogP contribution in [0.3, 0.4) is 0 Å². The molecule has 0 spiro atoms. The largest absolute Gasteiger partial charge is 0.504 e. The summed E-state index contributed by atoms with van der Waals surface area (Å²) in [5, 5.41) is 49.1. The van der Waals surface area contributed by atoms with Gasteiger partial charge in [0.05, 0.1) is 53.8 Å². The minimum Gasteiger partial charge on any atom is -0.504 e. The zero-order chi connectivity index (χ0) is 37.8. The van der Waals surface area contributed by atoms with Crippen molar-refractivity contribution in [3.63, 3.8) is 0 Å². The second-order valence-corrected chi connectivity index (χ2v) is 16.3. The Kier molecular flexibility index (Phi) is 9.58. The van der Waals surface area contributed by atoms with Crippen molar-refractivity contribution in [2.75, 3.05) is 44.2 Å². The number of carbonyl (C=O) groups is 4. The fraction of sp³-hybridized carbons (Fsp3) is 0.469. The summed E-state index contributed by atoms with van der Waals surface area (Å²) in [6.07, 6.45) is 1.60. The van der Waals surface area contributed by atoms with Crippen LogP contribution in [0.4, 0.5) is 5.13 Å². The van der Waals surface area contributed by atoms with Crippen molar-refractivity contribution >= 4 is 74.8 Å². The molecule has 3 saturated heterocycles. The smallest absolute Gasteiger partial charge is 0.350 e. The average Bonchev–Trinajstić information content (AvgIpc) is 3.91. The number of fused-ring (bicyclic) bond motifs is 2. The third-order valence-corrected chi connectivity index (χ3v) is 12.8. The molecule has 53 heavy (non-hydrogen) atoms. The average molecular weight is 788 g/mol. The number of nitrogen functional groups attached to an aromatic ring is 1. The molecular formula is C32H36ClN10O8S2+. The molecule has 6 N–H and O–H groups in total. The lowest BCUT2D eigenvalue weighted by molar-refractivity contribution is -0.938. The number of ketones is 1. The summed E-state index contributed by atoms with van der Waals surface area (Å²) in [5.41, 5.74) is 5.58. The summed E-state index contributed by atoms with van der Waals surface area (Å²) in [7, 11) is 0. The normalized spacial score (nSPS) is 24.5. The molecule has 280 valence electrons. The van der Waals surface area contributed by atoms with Crippen LogP contribution in [-0.2, 0) is 19.2 Å². The lowest BCUT2D eigenvalue weighted by atomic mass is 9.89. The number of halogens is 1. The number of tetrazole rings is 1. The number of hydrogen-bond donors (Lipinski definition) is 5. The number of nitrogens with two attached hydrogens (primary N) is 1. The minimum atomic E-state index is -1.73. The van der Waals surface area contributed by atoms with Gasteiger partial charge in [-0.1, -0.05) is 16.8 Å². The third kappa shape index (κ3) is 6.57. The molecule has 0 unspecified atom stereocenters. The number of rotatable bonds is 11. The summed E-state index contributed by atoms with van der Waals surface area (Å²) >= 11 is 8.84. The number of aromatic amines is 1. The van der Waals surface area contributed by atoms with Crippen LogP contribution in [-0.4, -0.2) is 140 Å². The number of thioether (sulfide) groups is 1. The highest BCUT2D eigenvalue weighted by atomic mass is 35.5. The zero-order valence-corrected chi connectivity index (χ0v) is 30.9. The second-order valence-electron chi connectivity index (χ2n) is 13.9. The number of nitrogens with zero attached hydrogens (tertiary/aromatic N) is 8. The maximum atomic E-state index is 14.0. The summed E-state index contributed by atoms with van der Waals surface area (Å²) in [4.78, 5) is 65.6. The first-order chi connectivity index (χ1) is 25.2. The first-order valence-corrected chi connectivity index (χ1v) is 19.0. The SMILES string of the molecule is CC(C)(O/N=C(\C(=O)C[C@@H]1C(=O)N2C(c3nn[nH]n3)=C(C[N@+]34CCC[C@H]3CN(C(=O)c3ccc(O)c(O)c3Cl)CC4)CS[C@H]12)c1csc(N)n1)C(=O)O. The van der Waals surface area contributed by atoms with Gasteiger partial charge in [0.15, 0.2) is 28.1 Å². The molecule has 18 nitrogen and oxygen atoms in total. The van der Waals surface area contributed by atoms with Gasteiger partial charge in [-0.3, -0.25) is 19.3 Å². The van der Waals surface area contributed by atoms with E-state index in [0.717, 1.165) is 36.3 Å². The van der Waals surface area contributed by atoms with Crippen molar-refractivity contribution < 1.29 is 43.8 Å². The van der Waals surface area contributed by atoms with Gasteiger partial charge in [-0.2, -0.15) is 5.21 Å². The van der Waals surface area contributed by atoms with Gasteiger partial charge in [0.2, 0.25) is 17.3 Å². The van der Waals surface area contributed by atoms with Crippen molar-refractivity contribution in [2.45, 2.75) is 50.1 Å². The Balaban J connectivity index is 1.11. The Labute approximate surface area is 315 Å². The highest BCUT2D eigenvalue weighted by Gasteiger charge is 2.55. The quantitative estimate of drug-likeness (QED) is 0.0613. The molecule has 3 aromatic rings. The number of phenolic OH excluding ortho intramolecular Hbond substituents is 2. The number of oxime groups is 1. The Bertz CT molecular complexity index is 2060. The Hall–Kier alpha value is -4.79. The minimum absolute atomic E-state index is 0.0992. The van der Waals surface area contributed by atoms with Crippen LogP contribution in [0, 0.1) is 5.92 Å². The summed E-state index contributed by atoms with van der Waals surface area (Å²) < 4.78 is 0.702. The molecule has 7 rings (SSSR count). The zero-order valence-electron chi connectivity index (χ0n) is 28.6. The lowest BCUT2D eigenvalue weighted by Gasteiger charge is -2.52. The number of carboxylic acids is 1. The first-order valence-electron chi connectivity index (χ1n) is 16.7.